The van der Waals surface area contributed by atoms with Crippen LogP contribution in [0.3, 0.4) is 0 Å². The van der Waals surface area contributed by atoms with Crippen LogP contribution in [-0.2, 0) is 0 Å². The number of para-hydroxylation sites is 2. The van der Waals surface area contributed by atoms with Gasteiger partial charge in [0.1, 0.15) is 12.1 Å². The Labute approximate surface area is 169 Å². The van der Waals surface area contributed by atoms with E-state index in [4.69, 9.17) is 4.74 Å². The Morgan fingerprint density at radius 1 is 1.07 bits per heavy atom. The van der Waals surface area contributed by atoms with Crippen molar-refractivity contribution in [1.82, 2.24) is 9.97 Å². The number of nitro groups is 1. The smallest absolute Gasteiger partial charge is 0.353 e. The first-order valence-corrected chi connectivity index (χ1v) is 10.2. The van der Waals surface area contributed by atoms with E-state index in [0.29, 0.717) is 17.3 Å². The summed E-state index contributed by atoms with van der Waals surface area (Å²) in [4.78, 5) is 20.0. The summed E-state index contributed by atoms with van der Waals surface area (Å²) < 4.78 is 5.35. The number of methoxy groups -OCH3 is 1. The predicted molar refractivity (Wildman–Crippen MR) is 109 cm³/mol. The van der Waals surface area contributed by atoms with Crippen LogP contribution < -0.4 is 15.4 Å². The molecule has 0 atom stereocenters. The van der Waals surface area contributed by atoms with Crippen LogP contribution in [0.2, 0.25) is 0 Å². The maximum Gasteiger partial charge on any atom is 0.353 e. The Hall–Kier alpha value is -2.90. The highest BCUT2D eigenvalue weighted by Crippen LogP contribution is 2.57. The molecule has 0 unspecified atom stereocenters. The van der Waals surface area contributed by atoms with Crippen LogP contribution in [0.1, 0.15) is 38.5 Å². The average Bonchev–Trinajstić information content (AvgIpc) is 2.67. The number of hydrogen-bond acceptors (Lipinski definition) is 7. The Bertz CT molecular complexity index is 912. The number of benzene rings is 1. The number of nitrogens with zero attached hydrogens (tertiary/aromatic N) is 3. The first-order valence-electron chi connectivity index (χ1n) is 10.2. The minimum absolute atomic E-state index is 0.0738. The molecule has 1 aromatic carbocycles. The van der Waals surface area contributed by atoms with Gasteiger partial charge < -0.3 is 15.4 Å². The molecule has 152 valence electrons. The van der Waals surface area contributed by atoms with Gasteiger partial charge in [-0.1, -0.05) is 12.1 Å². The number of aromatic nitrogens is 2. The van der Waals surface area contributed by atoms with E-state index in [1.165, 1.54) is 25.6 Å². The summed E-state index contributed by atoms with van der Waals surface area (Å²) >= 11 is 0. The van der Waals surface area contributed by atoms with Crippen LogP contribution in [0.5, 0.6) is 5.75 Å². The lowest BCUT2D eigenvalue weighted by Gasteiger charge is -2.57. The lowest BCUT2D eigenvalue weighted by atomic mass is 9.53. The number of ether oxygens (including phenoxy) is 1. The van der Waals surface area contributed by atoms with Gasteiger partial charge in [0.05, 0.1) is 17.7 Å². The van der Waals surface area contributed by atoms with Gasteiger partial charge in [0, 0.05) is 5.54 Å². The molecule has 6 rings (SSSR count). The third-order valence-electron chi connectivity index (χ3n) is 6.79. The fourth-order valence-electron chi connectivity index (χ4n) is 6.13. The molecule has 2 N–H and O–H groups in total. The second kappa shape index (κ2) is 6.86. The predicted octanol–water partition coefficient (Wildman–Crippen LogP) is 4.52. The quantitative estimate of drug-likeness (QED) is 0.548. The van der Waals surface area contributed by atoms with Gasteiger partial charge in [-0.25, -0.2) is 9.97 Å². The molecular weight excluding hydrogens is 370 g/mol. The summed E-state index contributed by atoms with van der Waals surface area (Å²) in [5.41, 5.74) is 0.432. The van der Waals surface area contributed by atoms with Crippen molar-refractivity contribution in [3.05, 3.63) is 40.7 Å². The summed E-state index contributed by atoms with van der Waals surface area (Å²) in [7, 11) is 1.56. The Morgan fingerprint density at radius 3 is 2.31 bits per heavy atom. The van der Waals surface area contributed by atoms with Crippen molar-refractivity contribution >= 4 is 23.0 Å². The Morgan fingerprint density at radius 2 is 1.69 bits per heavy atom. The maximum atomic E-state index is 12.0. The van der Waals surface area contributed by atoms with Crippen molar-refractivity contribution in [2.45, 2.75) is 44.1 Å². The zero-order valence-corrected chi connectivity index (χ0v) is 16.4. The van der Waals surface area contributed by atoms with Gasteiger partial charge >= 0.3 is 5.69 Å². The maximum absolute atomic E-state index is 12.0. The molecule has 0 saturated heterocycles. The SMILES string of the molecule is COc1ccccc1Nc1ncnc(NC23CC4CC(CC(C4)C2)C3)c1[N+](=O)[O-]. The average molecular weight is 395 g/mol. The molecule has 29 heavy (non-hydrogen) atoms. The Kier molecular flexibility index (Phi) is 4.29. The van der Waals surface area contributed by atoms with Crippen molar-refractivity contribution in [3.63, 3.8) is 0 Å². The highest BCUT2D eigenvalue weighted by atomic mass is 16.6. The number of rotatable bonds is 6. The highest BCUT2D eigenvalue weighted by Gasteiger charge is 2.51. The lowest BCUT2D eigenvalue weighted by molar-refractivity contribution is -0.383. The van der Waals surface area contributed by atoms with Crippen molar-refractivity contribution in [3.8, 4) is 5.75 Å². The van der Waals surface area contributed by atoms with E-state index >= 15 is 0 Å². The first-order chi connectivity index (χ1) is 14.0. The molecule has 8 heteroatoms. The van der Waals surface area contributed by atoms with Gasteiger partial charge in [-0.15, -0.1) is 0 Å². The van der Waals surface area contributed by atoms with Crippen molar-refractivity contribution < 1.29 is 9.66 Å². The van der Waals surface area contributed by atoms with E-state index < -0.39 is 4.92 Å². The lowest BCUT2D eigenvalue weighted by Crippen LogP contribution is -2.55. The van der Waals surface area contributed by atoms with Gasteiger partial charge in [0.25, 0.3) is 0 Å². The topological polar surface area (TPSA) is 102 Å². The summed E-state index contributed by atoms with van der Waals surface area (Å²) in [6.45, 7) is 0. The number of nitrogens with one attached hydrogen (secondary N) is 2. The van der Waals surface area contributed by atoms with Crippen molar-refractivity contribution in [2.75, 3.05) is 17.7 Å². The van der Waals surface area contributed by atoms with Crippen molar-refractivity contribution in [1.29, 1.82) is 0 Å². The molecule has 0 amide bonds. The molecule has 4 aliphatic rings. The second-order valence-electron chi connectivity index (χ2n) is 8.82. The molecule has 0 radical (unpaired) electrons. The monoisotopic (exact) mass is 395 g/mol. The number of anilines is 3. The first kappa shape index (κ1) is 18.1. The number of hydrogen-bond donors (Lipinski definition) is 2. The minimum atomic E-state index is -0.402. The summed E-state index contributed by atoms with van der Waals surface area (Å²) in [5.74, 6) is 3.28. The van der Waals surface area contributed by atoms with E-state index in [-0.39, 0.29) is 17.0 Å². The fourth-order valence-corrected chi connectivity index (χ4v) is 6.13. The van der Waals surface area contributed by atoms with Crippen LogP contribution >= 0.6 is 0 Å². The second-order valence-corrected chi connectivity index (χ2v) is 8.82. The molecule has 1 heterocycles. The minimum Gasteiger partial charge on any atom is -0.495 e. The van der Waals surface area contributed by atoms with E-state index in [9.17, 15) is 10.1 Å². The summed E-state index contributed by atoms with van der Waals surface area (Å²) in [6.07, 6.45) is 8.56. The van der Waals surface area contributed by atoms with Gasteiger partial charge in [0.15, 0.2) is 0 Å². The van der Waals surface area contributed by atoms with Gasteiger partial charge in [0.2, 0.25) is 11.6 Å². The third kappa shape index (κ3) is 3.26. The molecule has 4 bridgehead atoms. The molecule has 0 spiro atoms. The van der Waals surface area contributed by atoms with Gasteiger partial charge in [-0.2, -0.15) is 0 Å². The standard InChI is InChI=1S/C21H25N5O3/c1-29-17-5-3-2-4-16(17)24-19-18(26(27)28)20(23-12-22-19)25-21-9-13-6-14(10-21)8-15(7-13)11-21/h2-5,12-15H,6-11H2,1H3,(H2,22,23,24,25). The van der Waals surface area contributed by atoms with E-state index in [0.717, 1.165) is 37.0 Å². The zero-order valence-electron chi connectivity index (χ0n) is 16.4. The molecule has 2 aromatic rings. The van der Waals surface area contributed by atoms with E-state index in [2.05, 4.69) is 20.6 Å². The van der Waals surface area contributed by atoms with Crippen LogP contribution in [0.25, 0.3) is 0 Å². The summed E-state index contributed by atoms with van der Waals surface area (Å²) in [6, 6.07) is 7.28. The van der Waals surface area contributed by atoms with E-state index in [1.54, 1.807) is 19.2 Å². The van der Waals surface area contributed by atoms with Crippen LogP contribution in [-0.4, -0.2) is 27.5 Å². The molecule has 4 fully saturated rings. The largest absolute Gasteiger partial charge is 0.495 e. The highest BCUT2D eigenvalue weighted by molar-refractivity contribution is 5.76. The molecular formula is C21H25N5O3. The molecule has 4 saturated carbocycles. The van der Waals surface area contributed by atoms with Crippen molar-refractivity contribution in [2.24, 2.45) is 17.8 Å². The normalized spacial score (nSPS) is 29.5. The molecule has 4 aliphatic carbocycles. The Balaban J connectivity index is 1.48. The van der Waals surface area contributed by atoms with E-state index in [1.807, 2.05) is 12.1 Å². The zero-order chi connectivity index (χ0) is 20.0. The van der Waals surface area contributed by atoms with Crippen LogP contribution in [0.4, 0.5) is 23.0 Å². The third-order valence-corrected chi connectivity index (χ3v) is 6.79. The molecule has 8 nitrogen and oxygen atoms in total. The van der Waals surface area contributed by atoms with Crippen LogP contribution in [0.15, 0.2) is 30.6 Å². The molecule has 1 aromatic heterocycles. The molecule has 0 aliphatic heterocycles. The van der Waals surface area contributed by atoms with Gasteiger partial charge in [-0.3, -0.25) is 10.1 Å². The van der Waals surface area contributed by atoms with Crippen LogP contribution in [0, 0.1) is 27.9 Å². The van der Waals surface area contributed by atoms with Gasteiger partial charge in [-0.05, 0) is 68.4 Å². The summed E-state index contributed by atoms with van der Waals surface area (Å²) in [5, 5.41) is 18.6. The fraction of sp³-hybridized carbons (Fsp3) is 0.524.